The maximum Gasteiger partial charge on any atom is 0.326 e. The molecular weight excluding hydrogens is 378 g/mol. The molecule has 9 nitrogen and oxygen atoms in total. The van der Waals surface area contributed by atoms with Crippen molar-refractivity contribution in [1.82, 2.24) is 14.9 Å². The van der Waals surface area contributed by atoms with Crippen LogP contribution in [0.5, 0.6) is 0 Å². The van der Waals surface area contributed by atoms with Gasteiger partial charge in [0.1, 0.15) is 18.3 Å². The standard InChI is InChI=1S/C20H25N3O6/c24-12-4-2-11(3-5-12)23-15-6-1-10(7-13(15)22-20(23)27)19(26)21-14-8-28-18-16(25)9-29-17(14)18/h1,6-7,11-12,14,16-18,24-25H,2-5,8-9H2,(H,21,26)(H,22,27)/t11?,12?,14-,16-,17-,18-/m1/s1. The number of hydrogen-bond acceptors (Lipinski definition) is 6. The van der Waals surface area contributed by atoms with Gasteiger partial charge in [-0.05, 0) is 43.9 Å². The van der Waals surface area contributed by atoms with Crippen molar-refractivity contribution in [3.05, 3.63) is 34.2 Å². The van der Waals surface area contributed by atoms with E-state index in [2.05, 4.69) is 10.3 Å². The summed E-state index contributed by atoms with van der Waals surface area (Å²) in [5, 5.41) is 22.5. The number of H-pyrrole nitrogens is 1. The summed E-state index contributed by atoms with van der Waals surface area (Å²) in [5.41, 5.74) is 1.62. The van der Waals surface area contributed by atoms with E-state index in [1.54, 1.807) is 22.8 Å². The number of aliphatic hydroxyl groups excluding tert-OH is 2. The molecule has 156 valence electrons. The van der Waals surface area contributed by atoms with Gasteiger partial charge in [0, 0.05) is 11.6 Å². The maximum absolute atomic E-state index is 12.7. The molecule has 0 bridgehead atoms. The molecular formula is C20H25N3O6. The third-order valence-electron chi connectivity index (χ3n) is 6.35. The average molecular weight is 403 g/mol. The van der Waals surface area contributed by atoms with Gasteiger partial charge in [0.25, 0.3) is 5.91 Å². The van der Waals surface area contributed by atoms with E-state index in [4.69, 9.17) is 9.47 Å². The van der Waals surface area contributed by atoms with Crippen LogP contribution in [0.3, 0.4) is 0 Å². The lowest BCUT2D eigenvalue weighted by Gasteiger charge is -2.26. The lowest BCUT2D eigenvalue weighted by molar-refractivity contribution is 0.0178. The number of imidazole rings is 1. The zero-order chi connectivity index (χ0) is 20.1. The van der Waals surface area contributed by atoms with Gasteiger partial charge < -0.3 is 30.0 Å². The Morgan fingerprint density at radius 3 is 2.66 bits per heavy atom. The van der Waals surface area contributed by atoms with Gasteiger partial charge in [0.05, 0.1) is 36.4 Å². The number of amides is 1. The van der Waals surface area contributed by atoms with Crippen LogP contribution in [-0.4, -0.2) is 69.3 Å². The third kappa shape index (κ3) is 3.28. The molecule has 2 aliphatic heterocycles. The maximum atomic E-state index is 12.7. The van der Waals surface area contributed by atoms with Crippen molar-refractivity contribution in [2.24, 2.45) is 0 Å². The molecule has 3 aliphatic rings. The van der Waals surface area contributed by atoms with E-state index >= 15 is 0 Å². The molecule has 0 unspecified atom stereocenters. The molecule has 1 aromatic heterocycles. The van der Waals surface area contributed by atoms with Gasteiger partial charge in [-0.1, -0.05) is 0 Å². The summed E-state index contributed by atoms with van der Waals surface area (Å²) in [6, 6.07) is 4.90. The first-order valence-electron chi connectivity index (χ1n) is 10.2. The second kappa shape index (κ2) is 7.24. The summed E-state index contributed by atoms with van der Waals surface area (Å²) in [5.74, 6) is -0.277. The van der Waals surface area contributed by atoms with Gasteiger partial charge in [0.15, 0.2) is 0 Å². The summed E-state index contributed by atoms with van der Waals surface area (Å²) < 4.78 is 12.8. The van der Waals surface area contributed by atoms with Crippen LogP contribution in [-0.2, 0) is 9.47 Å². The molecule has 2 aromatic rings. The molecule has 4 atom stereocenters. The summed E-state index contributed by atoms with van der Waals surface area (Å²) in [6.07, 6.45) is 1.19. The molecule has 2 saturated heterocycles. The Morgan fingerprint density at radius 1 is 1.10 bits per heavy atom. The van der Waals surface area contributed by atoms with Gasteiger partial charge in [-0.25, -0.2) is 4.79 Å². The lowest BCUT2D eigenvalue weighted by atomic mass is 9.93. The van der Waals surface area contributed by atoms with Crippen LogP contribution in [0.4, 0.5) is 0 Å². The zero-order valence-electron chi connectivity index (χ0n) is 15.9. The van der Waals surface area contributed by atoms with E-state index in [0.717, 1.165) is 18.4 Å². The second-order valence-corrected chi connectivity index (χ2v) is 8.24. The Bertz CT molecular complexity index is 976. The van der Waals surface area contributed by atoms with Crippen LogP contribution < -0.4 is 11.0 Å². The number of aromatic amines is 1. The SMILES string of the molecule is O=C(N[C@@H]1CO[C@H]2[C@@H]1OC[C@H]2O)c1ccc2c(c1)[nH]c(=O)n2C1CCC(O)CC1. The predicted molar refractivity (Wildman–Crippen MR) is 103 cm³/mol. The number of carbonyl (C=O) groups excluding carboxylic acids is 1. The Hall–Kier alpha value is -2.20. The van der Waals surface area contributed by atoms with Crippen LogP contribution in [0.25, 0.3) is 11.0 Å². The van der Waals surface area contributed by atoms with E-state index in [0.29, 0.717) is 30.5 Å². The molecule has 1 saturated carbocycles. The van der Waals surface area contributed by atoms with Crippen molar-refractivity contribution in [1.29, 1.82) is 0 Å². The van der Waals surface area contributed by atoms with E-state index in [1.165, 1.54) is 0 Å². The minimum atomic E-state index is -0.663. The zero-order valence-corrected chi connectivity index (χ0v) is 15.9. The van der Waals surface area contributed by atoms with Crippen molar-refractivity contribution in [3.63, 3.8) is 0 Å². The Kier molecular flexibility index (Phi) is 4.70. The van der Waals surface area contributed by atoms with Gasteiger partial charge in [-0.2, -0.15) is 0 Å². The van der Waals surface area contributed by atoms with Gasteiger partial charge in [-0.3, -0.25) is 9.36 Å². The monoisotopic (exact) mass is 403 g/mol. The lowest BCUT2D eigenvalue weighted by Crippen LogP contribution is -2.44. The highest BCUT2D eigenvalue weighted by atomic mass is 16.6. The molecule has 4 N–H and O–H groups in total. The van der Waals surface area contributed by atoms with E-state index in [9.17, 15) is 19.8 Å². The highest BCUT2D eigenvalue weighted by Crippen LogP contribution is 2.30. The first-order valence-corrected chi connectivity index (χ1v) is 10.2. The van der Waals surface area contributed by atoms with E-state index < -0.39 is 12.2 Å². The van der Waals surface area contributed by atoms with Gasteiger partial charge >= 0.3 is 5.69 Å². The van der Waals surface area contributed by atoms with Crippen LogP contribution in [0, 0.1) is 0 Å². The number of rotatable bonds is 3. The van der Waals surface area contributed by atoms with Crippen molar-refractivity contribution < 1.29 is 24.5 Å². The molecule has 5 rings (SSSR count). The molecule has 0 radical (unpaired) electrons. The molecule has 1 aromatic carbocycles. The normalized spacial score (nSPS) is 34.4. The van der Waals surface area contributed by atoms with Crippen molar-refractivity contribution in [2.75, 3.05) is 13.2 Å². The third-order valence-corrected chi connectivity index (χ3v) is 6.35. The molecule has 29 heavy (non-hydrogen) atoms. The summed E-state index contributed by atoms with van der Waals surface area (Å²) in [4.78, 5) is 28.1. The van der Waals surface area contributed by atoms with E-state index in [-0.39, 0.29) is 42.5 Å². The number of hydrogen-bond donors (Lipinski definition) is 4. The number of benzene rings is 1. The fourth-order valence-electron chi connectivity index (χ4n) is 4.81. The predicted octanol–water partition coefficient (Wildman–Crippen LogP) is 0.0625. The number of aliphatic hydroxyl groups is 2. The quantitative estimate of drug-likeness (QED) is 0.574. The fraction of sp³-hybridized carbons (Fsp3) is 0.600. The number of carbonyl (C=O) groups is 1. The smallest absolute Gasteiger partial charge is 0.326 e. The topological polar surface area (TPSA) is 126 Å². The highest BCUT2D eigenvalue weighted by Gasteiger charge is 2.47. The van der Waals surface area contributed by atoms with Crippen LogP contribution in [0.2, 0.25) is 0 Å². The Balaban J connectivity index is 1.35. The number of ether oxygens (including phenoxy) is 2. The van der Waals surface area contributed by atoms with Crippen molar-refractivity contribution in [3.8, 4) is 0 Å². The Labute approximate surface area is 166 Å². The van der Waals surface area contributed by atoms with Crippen LogP contribution in [0.1, 0.15) is 42.1 Å². The van der Waals surface area contributed by atoms with Gasteiger partial charge in [-0.15, -0.1) is 0 Å². The molecule has 3 fully saturated rings. The number of nitrogens with zero attached hydrogens (tertiary/aromatic N) is 1. The van der Waals surface area contributed by atoms with Crippen molar-refractivity contribution >= 4 is 16.9 Å². The van der Waals surface area contributed by atoms with Gasteiger partial charge in [0.2, 0.25) is 0 Å². The van der Waals surface area contributed by atoms with Crippen LogP contribution >= 0.6 is 0 Å². The number of aromatic nitrogens is 2. The minimum Gasteiger partial charge on any atom is -0.393 e. The first kappa shape index (κ1) is 18.8. The molecule has 1 aliphatic carbocycles. The summed E-state index contributed by atoms with van der Waals surface area (Å²) in [6.45, 7) is 0.502. The molecule has 9 heteroatoms. The summed E-state index contributed by atoms with van der Waals surface area (Å²) in [7, 11) is 0. The van der Waals surface area contributed by atoms with Crippen LogP contribution in [0.15, 0.2) is 23.0 Å². The molecule has 0 spiro atoms. The Morgan fingerprint density at radius 2 is 1.86 bits per heavy atom. The second-order valence-electron chi connectivity index (χ2n) is 8.24. The highest BCUT2D eigenvalue weighted by molar-refractivity contribution is 5.97. The molecule has 3 heterocycles. The van der Waals surface area contributed by atoms with E-state index in [1.807, 2.05) is 0 Å². The largest absolute Gasteiger partial charge is 0.393 e. The first-order chi connectivity index (χ1) is 14.0. The minimum absolute atomic E-state index is 0.0536. The van der Waals surface area contributed by atoms with Crippen molar-refractivity contribution in [2.45, 2.75) is 62.2 Å². The number of fused-ring (bicyclic) bond motifs is 2. The number of nitrogens with one attached hydrogen (secondary N) is 2. The average Bonchev–Trinajstić information content (AvgIpc) is 3.37. The fourth-order valence-corrected chi connectivity index (χ4v) is 4.81. The summed E-state index contributed by atoms with van der Waals surface area (Å²) >= 11 is 0. The molecule has 1 amide bonds.